The highest BCUT2D eigenvalue weighted by Gasteiger charge is 2.14. The van der Waals surface area contributed by atoms with Crippen molar-refractivity contribution in [3.05, 3.63) is 77.6 Å². The number of nitrogens with zero attached hydrogens (tertiary/aromatic N) is 4. The van der Waals surface area contributed by atoms with Crippen LogP contribution in [-0.4, -0.2) is 14.4 Å². The Kier molecular flexibility index (Phi) is 3.74. The highest BCUT2D eigenvalue weighted by molar-refractivity contribution is 5.82. The summed E-state index contributed by atoms with van der Waals surface area (Å²) in [6, 6.07) is 13.2. The van der Waals surface area contributed by atoms with Crippen LogP contribution in [0, 0.1) is 31.0 Å². The molecule has 0 aliphatic carbocycles. The monoisotopic (exact) mass is 342 g/mol. The molecule has 0 aliphatic heterocycles. The molecule has 4 rings (SSSR count). The number of aryl methyl sites for hydroxylation is 2. The molecule has 3 heterocycles. The van der Waals surface area contributed by atoms with Crippen LogP contribution in [0.4, 0.5) is 4.39 Å². The van der Waals surface area contributed by atoms with Crippen molar-refractivity contribution in [1.29, 1.82) is 5.26 Å². The summed E-state index contributed by atoms with van der Waals surface area (Å²) in [5.74, 6) is -0.220. The molecule has 0 aliphatic rings. The van der Waals surface area contributed by atoms with Crippen LogP contribution in [-0.2, 0) is 0 Å². The Balaban J connectivity index is 1.95. The van der Waals surface area contributed by atoms with Crippen LogP contribution in [0.25, 0.3) is 28.0 Å². The number of aromatic nitrogens is 3. The van der Waals surface area contributed by atoms with Crippen molar-refractivity contribution in [3.8, 4) is 28.5 Å². The summed E-state index contributed by atoms with van der Waals surface area (Å²) in [5.41, 5.74) is 6.11. The molecule has 0 atom stereocenters. The van der Waals surface area contributed by atoms with Crippen LogP contribution < -0.4 is 0 Å². The summed E-state index contributed by atoms with van der Waals surface area (Å²) in [4.78, 5) is 8.78. The largest absolute Gasteiger partial charge is 0.291 e. The van der Waals surface area contributed by atoms with Gasteiger partial charge in [0.2, 0.25) is 0 Å². The molecule has 3 aromatic heterocycles. The molecule has 0 bridgehead atoms. The van der Waals surface area contributed by atoms with Gasteiger partial charge in [-0.3, -0.25) is 9.38 Å². The zero-order valence-electron chi connectivity index (χ0n) is 14.4. The van der Waals surface area contributed by atoms with E-state index in [2.05, 4.69) is 16.0 Å². The molecule has 4 nitrogen and oxygen atoms in total. The summed E-state index contributed by atoms with van der Waals surface area (Å²) < 4.78 is 15.6. The van der Waals surface area contributed by atoms with Gasteiger partial charge >= 0.3 is 0 Å². The molecule has 0 saturated heterocycles. The molecule has 0 N–H and O–H groups in total. The lowest BCUT2D eigenvalue weighted by molar-refractivity contribution is 0.617. The Bertz CT molecular complexity index is 1180. The van der Waals surface area contributed by atoms with Crippen molar-refractivity contribution >= 4 is 5.65 Å². The van der Waals surface area contributed by atoms with Crippen molar-refractivity contribution in [2.75, 3.05) is 0 Å². The minimum absolute atomic E-state index is 0.220. The van der Waals surface area contributed by atoms with Crippen LogP contribution in [0.1, 0.15) is 16.8 Å². The van der Waals surface area contributed by atoms with Crippen molar-refractivity contribution in [1.82, 2.24) is 14.4 Å². The number of benzene rings is 1. The maximum absolute atomic E-state index is 13.9. The van der Waals surface area contributed by atoms with E-state index in [4.69, 9.17) is 0 Å². The van der Waals surface area contributed by atoms with Crippen molar-refractivity contribution in [2.45, 2.75) is 13.8 Å². The molecule has 0 amide bonds. The lowest BCUT2D eigenvalue weighted by Crippen LogP contribution is -1.96. The predicted octanol–water partition coefficient (Wildman–Crippen LogP) is 4.69. The van der Waals surface area contributed by atoms with Crippen LogP contribution in [0.3, 0.4) is 0 Å². The SMILES string of the molecule is Cc1cc(-c2ncccc2-c2ccc3ncc(C#N)n3c2)c(C)cc1F. The second kappa shape index (κ2) is 6.08. The fourth-order valence-corrected chi connectivity index (χ4v) is 3.11. The summed E-state index contributed by atoms with van der Waals surface area (Å²) in [6.45, 7) is 3.63. The second-order valence-corrected chi connectivity index (χ2v) is 6.22. The Labute approximate surface area is 150 Å². The minimum atomic E-state index is -0.220. The van der Waals surface area contributed by atoms with Gasteiger partial charge in [0, 0.05) is 29.1 Å². The van der Waals surface area contributed by atoms with Gasteiger partial charge in [0.05, 0.1) is 11.9 Å². The third-order valence-corrected chi connectivity index (χ3v) is 4.50. The molecule has 126 valence electrons. The fraction of sp³-hybridized carbons (Fsp3) is 0.0952. The maximum Gasteiger partial charge on any atom is 0.144 e. The molecule has 0 radical (unpaired) electrons. The second-order valence-electron chi connectivity index (χ2n) is 6.22. The number of rotatable bonds is 2. The number of pyridine rings is 2. The van der Waals surface area contributed by atoms with E-state index in [-0.39, 0.29) is 5.82 Å². The smallest absolute Gasteiger partial charge is 0.144 e. The first-order valence-electron chi connectivity index (χ1n) is 8.18. The van der Waals surface area contributed by atoms with Gasteiger partial charge < -0.3 is 0 Å². The molecular weight excluding hydrogens is 327 g/mol. The highest BCUT2D eigenvalue weighted by Crippen LogP contribution is 2.33. The van der Waals surface area contributed by atoms with E-state index >= 15 is 0 Å². The molecule has 0 unspecified atom stereocenters. The molecule has 26 heavy (non-hydrogen) atoms. The van der Waals surface area contributed by atoms with E-state index < -0.39 is 0 Å². The normalized spacial score (nSPS) is 10.8. The van der Waals surface area contributed by atoms with Crippen molar-refractivity contribution in [3.63, 3.8) is 0 Å². The van der Waals surface area contributed by atoms with Crippen LogP contribution in [0.15, 0.2) is 55.0 Å². The van der Waals surface area contributed by atoms with Gasteiger partial charge in [-0.1, -0.05) is 6.07 Å². The first-order chi connectivity index (χ1) is 12.6. The van der Waals surface area contributed by atoms with Gasteiger partial charge in [0.1, 0.15) is 23.2 Å². The van der Waals surface area contributed by atoms with E-state index in [0.717, 1.165) is 27.9 Å². The van der Waals surface area contributed by atoms with E-state index in [1.807, 2.05) is 43.5 Å². The topological polar surface area (TPSA) is 54.0 Å². The molecule has 1 aromatic carbocycles. The zero-order valence-corrected chi connectivity index (χ0v) is 14.4. The number of nitriles is 1. The Morgan fingerprint density at radius 1 is 1.04 bits per heavy atom. The number of hydrogen-bond acceptors (Lipinski definition) is 3. The molecular formula is C21H15FN4. The van der Waals surface area contributed by atoms with Crippen LogP contribution >= 0.6 is 0 Å². The summed E-state index contributed by atoms with van der Waals surface area (Å²) >= 11 is 0. The van der Waals surface area contributed by atoms with E-state index in [1.165, 1.54) is 6.07 Å². The summed E-state index contributed by atoms with van der Waals surface area (Å²) in [7, 11) is 0. The lowest BCUT2D eigenvalue weighted by Gasteiger charge is -2.13. The van der Waals surface area contributed by atoms with E-state index in [1.54, 1.807) is 23.7 Å². The highest BCUT2D eigenvalue weighted by atomic mass is 19.1. The molecule has 0 fully saturated rings. The quantitative estimate of drug-likeness (QED) is 0.531. The Hall–Kier alpha value is -3.52. The van der Waals surface area contributed by atoms with Gasteiger partial charge in [-0.2, -0.15) is 5.26 Å². The van der Waals surface area contributed by atoms with Gasteiger partial charge in [0.25, 0.3) is 0 Å². The average Bonchev–Trinajstić information content (AvgIpc) is 3.07. The molecule has 5 heteroatoms. The van der Waals surface area contributed by atoms with Gasteiger partial charge in [-0.05, 0) is 55.3 Å². The maximum atomic E-state index is 13.9. The van der Waals surface area contributed by atoms with Crippen LogP contribution in [0.2, 0.25) is 0 Å². The summed E-state index contributed by atoms with van der Waals surface area (Å²) in [6.07, 6.45) is 5.16. The van der Waals surface area contributed by atoms with Crippen LogP contribution in [0.5, 0.6) is 0 Å². The minimum Gasteiger partial charge on any atom is -0.291 e. The van der Waals surface area contributed by atoms with E-state index in [9.17, 15) is 9.65 Å². The van der Waals surface area contributed by atoms with Gasteiger partial charge in [-0.15, -0.1) is 0 Å². The number of imidazole rings is 1. The number of halogens is 1. The molecule has 0 spiro atoms. The fourth-order valence-electron chi connectivity index (χ4n) is 3.11. The predicted molar refractivity (Wildman–Crippen MR) is 98.0 cm³/mol. The first-order valence-corrected chi connectivity index (χ1v) is 8.18. The van der Waals surface area contributed by atoms with Gasteiger partial charge in [0.15, 0.2) is 0 Å². The zero-order chi connectivity index (χ0) is 18.3. The third-order valence-electron chi connectivity index (χ3n) is 4.50. The molecule has 4 aromatic rings. The Morgan fingerprint density at radius 2 is 1.88 bits per heavy atom. The molecule has 0 saturated carbocycles. The third kappa shape index (κ3) is 2.52. The van der Waals surface area contributed by atoms with E-state index in [0.29, 0.717) is 16.9 Å². The standard InChI is InChI=1S/C21H15FN4/c1-13-9-19(22)14(2)8-18(13)21-17(4-3-7-24-21)15-5-6-20-25-11-16(10-23)26(20)12-15/h3-9,11-12H,1-2H3. The number of fused-ring (bicyclic) bond motifs is 1. The number of hydrogen-bond donors (Lipinski definition) is 0. The van der Waals surface area contributed by atoms with Crippen molar-refractivity contribution in [2.24, 2.45) is 0 Å². The summed E-state index contributed by atoms with van der Waals surface area (Å²) in [5, 5.41) is 9.25. The van der Waals surface area contributed by atoms with Gasteiger partial charge in [-0.25, -0.2) is 9.37 Å². The van der Waals surface area contributed by atoms with Crippen molar-refractivity contribution < 1.29 is 4.39 Å². The first kappa shape index (κ1) is 16.0. The Morgan fingerprint density at radius 3 is 2.69 bits per heavy atom. The average molecular weight is 342 g/mol. The lowest BCUT2D eigenvalue weighted by atomic mass is 9.96.